The zero-order valence-corrected chi connectivity index (χ0v) is 21.7. The molecule has 0 bridgehead atoms. The van der Waals surface area contributed by atoms with Crippen molar-refractivity contribution in [3.8, 4) is 0 Å². The minimum atomic E-state index is -0.951. The summed E-state index contributed by atoms with van der Waals surface area (Å²) in [6.07, 6.45) is 0.590. The van der Waals surface area contributed by atoms with Gasteiger partial charge in [-0.05, 0) is 63.2 Å². The van der Waals surface area contributed by atoms with Crippen LogP contribution in [0.2, 0.25) is 0 Å². The Bertz CT molecular complexity index is 1240. The normalized spacial score (nSPS) is 17.0. The summed E-state index contributed by atoms with van der Waals surface area (Å²) in [5.74, 6) is -2.68. The number of Topliss-reactive ketones (excluding diaryl/α,β-unsaturated/α-hetero) is 1. The smallest absolute Gasteiger partial charge is 0.354 e. The number of nitro groups is 1. The van der Waals surface area contributed by atoms with Crippen molar-refractivity contribution in [3.05, 3.63) is 68.0 Å². The van der Waals surface area contributed by atoms with Gasteiger partial charge in [-0.15, -0.1) is 0 Å². The Morgan fingerprint density at radius 1 is 1.19 bits per heavy atom. The first-order chi connectivity index (χ1) is 17.6. The van der Waals surface area contributed by atoms with Gasteiger partial charge in [0.2, 0.25) is 0 Å². The number of benzene rings is 1. The molecule has 0 saturated carbocycles. The van der Waals surface area contributed by atoms with Crippen LogP contribution in [0.1, 0.15) is 59.2 Å². The number of hydrogen-bond donors (Lipinski definition) is 2. The number of likely N-dealkylation sites (tertiary alicyclic amines) is 1. The lowest BCUT2D eigenvalue weighted by Crippen LogP contribution is -2.33. The highest BCUT2D eigenvalue weighted by atomic mass is 16.6. The molecule has 0 aliphatic carbocycles. The van der Waals surface area contributed by atoms with E-state index < -0.39 is 34.4 Å². The van der Waals surface area contributed by atoms with Crippen LogP contribution in [0.5, 0.6) is 0 Å². The summed E-state index contributed by atoms with van der Waals surface area (Å²) in [6.45, 7) is 9.96. The van der Waals surface area contributed by atoms with Gasteiger partial charge in [0.1, 0.15) is 11.5 Å². The predicted octanol–water partition coefficient (Wildman–Crippen LogP) is 3.48. The molecule has 3 rings (SSSR count). The zero-order chi connectivity index (χ0) is 27.4. The molecule has 2 aromatic rings. The summed E-state index contributed by atoms with van der Waals surface area (Å²) in [4.78, 5) is 55.7. The number of ketones is 1. The summed E-state index contributed by atoms with van der Waals surface area (Å²) in [6, 6.07) is 4.61. The van der Waals surface area contributed by atoms with Crippen molar-refractivity contribution in [1.82, 2.24) is 14.8 Å². The number of aromatic amines is 1. The van der Waals surface area contributed by atoms with E-state index in [9.17, 15) is 29.6 Å². The van der Waals surface area contributed by atoms with Gasteiger partial charge in [0.05, 0.1) is 23.6 Å². The highest BCUT2D eigenvalue weighted by Crippen LogP contribution is 2.41. The lowest BCUT2D eigenvalue weighted by Gasteiger charge is -2.26. The first kappa shape index (κ1) is 27.6. The number of amides is 1. The molecule has 1 saturated heterocycles. The summed E-state index contributed by atoms with van der Waals surface area (Å²) in [7, 11) is 1.23. The van der Waals surface area contributed by atoms with Crippen LogP contribution in [-0.2, 0) is 14.3 Å². The van der Waals surface area contributed by atoms with Crippen LogP contribution in [0, 0.1) is 24.0 Å². The molecule has 1 aromatic heterocycles. The van der Waals surface area contributed by atoms with Gasteiger partial charge < -0.3 is 24.6 Å². The second-order valence-corrected chi connectivity index (χ2v) is 8.84. The molecule has 1 aromatic carbocycles. The first-order valence-electron chi connectivity index (χ1n) is 12.1. The number of nitrogens with one attached hydrogen (secondary N) is 1. The van der Waals surface area contributed by atoms with Crippen LogP contribution in [-0.4, -0.2) is 75.8 Å². The topological polar surface area (TPSA) is 146 Å². The van der Waals surface area contributed by atoms with E-state index in [-0.39, 0.29) is 29.1 Å². The summed E-state index contributed by atoms with van der Waals surface area (Å²) >= 11 is 0. The standard InChI is InChI=1S/C26H32N4O7/c1-6-28(7-2)13-8-14-29-22(17-9-11-18(12-10-17)30(35)36)20(24(32)25(29)33)23(31)19-15(3)21(26(34)37-5)27-16(19)4/h9-12,22,27,31H,6-8,13-14H2,1-5H3/t22-/m0/s1. The van der Waals surface area contributed by atoms with Gasteiger partial charge in [-0.1, -0.05) is 13.8 Å². The van der Waals surface area contributed by atoms with Crippen LogP contribution in [0.4, 0.5) is 5.69 Å². The van der Waals surface area contributed by atoms with Crippen LogP contribution >= 0.6 is 0 Å². The van der Waals surface area contributed by atoms with Gasteiger partial charge in [-0.25, -0.2) is 4.79 Å². The minimum Gasteiger partial charge on any atom is -0.507 e. The fraction of sp³-hybridized carbons (Fsp3) is 0.423. The molecule has 11 heteroatoms. The van der Waals surface area contributed by atoms with Crippen LogP contribution in [0.3, 0.4) is 0 Å². The number of carbonyl (C=O) groups is 3. The highest BCUT2D eigenvalue weighted by molar-refractivity contribution is 6.46. The van der Waals surface area contributed by atoms with Crippen LogP contribution < -0.4 is 0 Å². The summed E-state index contributed by atoms with van der Waals surface area (Å²) in [5.41, 5.74) is 1.33. The molecule has 0 spiro atoms. The number of non-ortho nitro benzene ring substituents is 1. The third kappa shape index (κ3) is 5.26. The second kappa shape index (κ2) is 11.4. The average Bonchev–Trinajstić information content (AvgIpc) is 3.32. The fourth-order valence-corrected chi connectivity index (χ4v) is 4.79. The zero-order valence-electron chi connectivity index (χ0n) is 21.7. The molecule has 198 valence electrons. The maximum atomic E-state index is 13.3. The maximum absolute atomic E-state index is 13.3. The van der Waals surface area contributed by atoms with Crippen molar-refractivity contribution >= 4 is 29.1 Å². The molecule has 2 N–H and O–H groups in total. The van der Waals surface area contributed by atoms with Gasteiger partial charge >= 0.3 is 5.97 Å². The molecule has 1 atom stereocenters. The van der Waals surface area contributed by atoms with E-state index in [1.54, 1.807) is 13.8 Å². The van der Waals surface area contributed by atoms with Crippen molar-refractivity contribution in [1.29, 1.82) is 0 Å². The lowest BCUT2D eigenvalue weighted by molar-refractivity contribution is -0.384. The third-order valence-electron chi connectivity index (χ3n) is 6.79. The number of esters is 1. The number of ether oxygens (including phenoxy) is 1. The molecule has 37 heavy (non-hydrogen) atoms. The predicted molar refractivity (Wildman–Crippen MR) is 136 cm³/mol. The Morgan fingerprint density at radius 3 is 2.35 bits per heavy atom. The molecule has 11 nitrogen and oxygen atoms in total. The van der Waals surface area contributed by atoms with Crippen molar-refractivity contribution in [2.24, 2.45) is 0 Å². The van der Waals surface area contributed by atoms with Crippen molar-refractivity contribution in [2.75, 3.05) is 33.3 Å². The molecular weight excluding hydrogens is 480 g/mol. The van der Waals surface area contributed by atoms with Crippen LogP contribution in [0.15, 0.2) is 29.8 Å². The number of H-pyrrole nitrogens is 1. The van der Waals surface area contributed by atoms with Gasteiger partial charge in [0.25, 0.3) is 17.4 Å². The van der Waals surface area contributed by atoms with E-state index in [0.29, 0.717) is 29.8 Å². The Labute approximate surface area is 214 Å². The number of nitro benzene ring substituents is 1. The van der Waals surface area contributed by atoms with Gasteiger partial charge in [0.15, 0.2) is 0 Å². The molecule has 2 heterocycles. The third-order valence-corrected chi connectivity index (χ3v) is 6.79. The number of aliphatic hydroxyl groups is 1. The minimum absolute atomic E-state index is 0.127. The Morgan fingerprint density at radius 2 is 1.81 bits per heavy atom. The molecule has 1 amide bonds. The second-order valence-electron chi connectivity index (χ2n) is 8.84. The Hall–Kier alpha value is -3.99. The maximum Gasteiger partial charge on any atom is 0.354 e. The number of aliphatic hydroxyl groups excluding tert-OH is 1. The van der Waals surface area contributed by atoms with Crippen molar-refractivity contribution < 1.29 is 29.2 Å². The molecule has 0 radical (unpaired) electrons. The monoisotopic (exact) mass is 512 g/mol. The van der Waals surface area contributed by atoms with Crippen LogP contribution in [0.25, 0.3) is 5.76 Å². The average molecular weight is 513 g/mol. The Kier molecular flexibility index (Phi) is 8.49. The SMILES string of the molecule is CCN(CC)CCCN1C(=O)C(=O)C(=C(O)c2c(C)[nH]c(C(=O)OC)c2C)[C@@H]1c1ccc([N+](=O)[O-])cc1. The number of rotatable bonds is 10. The first-order valence-corrected chi connectivity index (χ1v) is 12.1. The van der Waals surface area contributed by atoms with E-state index >= 15 is 0 Å². The molecule has 1 aliphatic heterocycles. The molecule has 1 aliphatic rings. The lowest BCUT2D eigenvalue weighted by atomic mass is 9.94. The largest absolute Gasteiger partial charge is 0.507 e. The summed E-state index contributed by atoms with van der Waals surface area (Å²) < 4.78 is 4.79. The van der Waals surface area contributed by atoms with E-state index in [0.717, 1.165) is 13.1 Å². The van der Waals surface area contributed by atoms with Crippen molar-refractivity contribution in [3.63, 3.8) is 0 Å². The number of aryl methyl sites for hydroxylation is 1. The van der Waals surface area contributed by atoms with E-state index in [4.69, 9.17) is 4.74 Å². The molecule has 0 unspecified atom stereocenters. The van der Waals surface area contributed by atoms with Gasteiger partial charge in [0, 0.05) is 29.9 Å². The van der Waals surface area contributed by atoms with Gasteiger partial charge in [-0.3, -0.25) is 19.7 Å². The van der Waals surface area contributed by atoms with E-state index in [2.05, 4.69) is 9.88 Å². The number of carbonyl (C=O) groups excluding carboxylic acids is 3. The Balaban J connectivity index is 2.14. The fourth-order valence-electron chi connectivity index (χ4n) is 4.79. The van der Waals surface area contributed by atoms with Crippen molar-refractivity contribution in [2.45, 2.75) is 40.2 Å². The molecule has 1 fully saturated rings. The van der Waals surface area contributed by atoms with E-state index in [1.807, 2.05) is 13.8 Å². The number of hydrogen-bond acceptors (Lipinski definition) is 8. The number of methoxy groups -OCH3 is 1. The quantitative estimate of drug-likeness (QED) is 0.123. The van der Waals surface area contributed by atoms with Gasteiger partial charge in [-0.2, -0.15) is 0 Å². The summed E-state index contributed by atoms with van der Waals surface area (Å²) in [5, 5.41) is 22.6. The number of aromatic nitrogens is 1. The molecular formula is C26H32N4O7. The highest BCUT2D eigenvalue weighted by Gasteiger charge is 2.46. The van der Waals surface area contributed by atoms with E-state index in [1.165, 1.54) is 36.3 Å². The number of nitrogens with zero attached hydrogens (tertiary/aromatic N) is 3.